The van der Waals surface area contributed by atoms with Crippen LogP contribution in [0.1, 0.15) is 35.6 Å². The second kappa shape index (κ2) is 6.07. The fourth-order valence-electron chi connectivity index (χ4n) is 3.34. The topological polar surface area (TPSA) is 69.6 Å². The lowest BCUT2D eigenvalue weighted by Crippen LogP contribution is -2.53. The number of aliphatic hydroxyl groups excluding tert-OH is 1. The molecule has 21 heavy (non-hydrogen) atoms. The van der Waals surface area contributed by atoms with E-state index < -0.39 is 0 Å². The molecule has 0 aromatic carbocycles. The molecule has 114 valence electrons. The molecule has 0 bridgehead atoms. The van der Waals surface area contributed by atoms with Crippen LogP contribution in [0.15, 0.2) is 12.3 Å². The predicted octanol–water partition coefficient (Wildman–Crippen LogP) is 0.456. The van der Waals surface area contributed by atoms with Crippen LogP contribution < -0.4 is 0 Å². The van der Waals surface area contributed by atoms with Gasteiger partial charge in [-0.3, -0.25) is 9.69 Å². The Hall–Kier alpha value is -1.53. The maximum atomic E-state index is 12.4. The van der Waals surface area contributed by atoms with Crippen molar-refractivity contribution >= 4 is 5.91 Å². The molecule has 0 radical (unpaired) electrons. The van der Waals surface area contributed by atoms with E-state index in [9.17, 15) is 9.90 Å². The van der Waals surface area contributed by atoms with Crippen LogP contribution in [0.25, 0.3) is 0 Å². The number of aliphatic hydroxyl groups is 1. The van der Waals surface area contributed by atoms with Gasteiger partial charge < -0.3 is 10.0 Å². The molecule has 2 unspecified atom stereocenters. The minimum Gasteiger partial charge on any atom is -0.391 e. The molecule has 3 rings (SSSR count). The Balaban J connectivity index is 1.59. The summed E-state index contributed by atoms with van der Waals surface area (Å²) in [6.07, 6.45) is 4.51. The highest BCUT2D eigenvalue weighted by Gasteiger charge is 2.33. The Morgan fingerprint density at radius 2 is 2.05 bits per heavy atom. The number of piperazine rings is 1. The molecular formula is C15H22N4O2. The maximum Gasteiger partial charge on any atom is 0.272 e. The number of aromatic nitrogens is 2. The van der Waals surface area contributed by atoms with Crippen molar-refractivity contribution in [2.45, 2.75) is 38.3 Å². The molecule has 6 heteroatoms. The summed E-state index contributed by atoms with van der Waals surface area (Å²) in [5.74, 6) is 0.598. The zero-order valence-corrected chi connectivity index (χ0v) is 12.4. The summed E-state index contributed by atoms with van der Waals surface area (Å²) < 4.78 is 0. The Bertz CT molecular complexity index is 514. The normalized spacial score (nSPS) is 27.0. The smallest absolute Gasteiger partial charge is 0.272 e. The number of carbonyl (C=O) groups excluding carboxylic acids is 1. The van der Waals surface area contributed by atoms with Crippen LogP contribution >= 0.6 is 0 Å². The van der Waals surface area contributed by atoms with E-state index in [-0.39, 0.29) is 18.1 Å². The largest absolute Gasteiger partial charge is 0.391 e. The molecule has 2 aliphatic rings. The molecule has 2 fully saturated rings. The standard InChI is InChI=1S/C15H22N4O2/c1-11-16-6-5-12(17-11)15(21)19-9-7-18(8-10-19)13-3-2-4-14(13)20/h5-6,13-14,20H,2-4,7-10H2,1H3. The van der Waals surface area contributed by atoms with Crippen molar-refractivity contribution in [1.29, 1.82) is 0 Å². The third-order valence-corrected chi connectivity index (χ3v) is 4.51. The minimum absolute atomic E-state index is 0.0212. The first kappa shape index (κ1) is 14.4. The van der Waals surface area contributed by atoms with Gasteiger partial charge in [-0.05, 0) is 32.3 Å². The van der Waals surface area contributed by atoms with Gasteiger partial charge >= 0.3 is 0 Å². The Labute approximate surface area is 124 Å². The summed E-state index contributed by atoms with van der Waals surface area (Å²) in [6.45, 7) is 4.85. The third kappa shape index (κ3) is 3.06. The molecule has 1 aliphatic carbocycles. The SMILES string of the molecule is Cc1nccc(C(=O)N2CCN(C3CCCC3O)CC2)n1. The van der Waals surface area contributed by atoms with Crippen LogP contribution in [0.3, 0.4) is 0 Å². The van der Waals surface area contributed by atoms with Crippen LogP contribution in [0.5, 0.6) is 0 Å². The van der Waals surface area contributed by atoms with Gasteiger partial charge in [0, 0.05) is 38.4 Å². The van der Waals surface area contributed by atoms with Gasteiger partial charge in [-0.15, -0.1) is 0 Å². The molecule has 1 N–H and O–H groups in total. The molecule has 1 saturated heterocycles. The second-order valence-corrected chi connectivity index (χ2v) is 5.88. The van der Waals surface area contributed by atoms with Gasteiger partial charge in [0.1, 0.15) is 11.5 Å². The summed E-state index contributed by atoms with van der Waals surface area (Å²) in [5.41, 5.74) is 0.469. The summed E-state index contributed by atoms with van der Waals surface area (Å²) >= 11 is 0. The fourth-order valence-corrected chi connectivity index (χ4v) is 3.34. The van der Waals surface area contributed by atoms with Crippen LogP contribution in [0.4, 0.5) is 0 Å². The van der Waals surface area contributed by atoms with E-state index >= 15 is 0 Å². The molecule has 1 aliphatic heterocycles. The number of hydrogen-bond donors (Lipinski definition) is 1. The highest BCUT2D eigenvalue weighted by atomic mass is 16.3. The van der Waals surface area contributed by atoms with Crippen molar-refractivity contribution in [2.24, 2.45) is 0 Å². The highest BCUT2D eigenvalue weighted by molar-refractivity contribution is 5.92. The number of nitrogens with zero attached hydrogens (tertiary/aromatic N) is 4. The van der Waals surface area contributed by atoms with Crippen LogP contribution in [0.2, 0.25) is 0 Å². The first-order chi connectivity index (χ1) is 10.1. The number of aryl methyl sites for hydroxylation is 1. The van der Waals surface area contributed by atoms with Crippen molar-refractivity contribution < 1.29 is 9.90 Å². The van der Waals surface area contributed by atoms with Gasteiger partial charge in [0.15, 0.2) is 0 Å². The predicted molar refractivity (Wildman–Crippen MR) is 77.9 cm³/mol. The lowest BCUT2D eigenvalue weighted by molar-refractivity contribution is 0.0313. The summed E-state index contributed by atoms with van der Waals surface area (Å²) in [6, 6.07) is 1.95. The van der Waals surface area contributed by atoms with Crippen molar-refractivity contribution in [2.75, 3.05) is 26.2 Å². The molecule has 2 heterocycles. The first-order valence-corrected chi connectivity index (χ1v) is 7.66. The number of hydrogen-bond acceptors (Lipinski definition) is 5. The van der Waals surface area contributed by atoms with Gasteiger partial charge in [0.25, 0.3) is 5.91 Å². The average molecular weight is 290 g/mol. The van der Waals surface area contributed by atoms with E-state index in [4.69, 9.17) is 0 Å². The summed E-state index contributed by atoms with van der Waals surface area (Å²) in [4.78, 5) is 24.8. The quantitative estimate of drug-likeness (QED) is 0.857. The van der Waals surface area contributed by atoms with E-state index in [1.54, 1.807) is 19.2 Å². The van der Waals surface area contributed by atoms with Crippen LogP contribution in [-0.2, 0) is 0 Å². The lowest BCUT2D eigenvalue weighted by atomic mass is 10.1. The van der Waals surface area contributed by atoms with Crippen LogP contribution in [-0.4, -0.2) is 69.1 Å². The Kier molecular flexibility index (Phi) is 4.17. The first-order valence-electron chi connectivity index (χ1n) is 7.66. The van der Waals surface area contributed by atoms with Gasteiger partial charge in [-0.1, -0.05) is 0 Å². The number of rotatable bonds is 2. The molecule has 0 spiro atoms. The van der Waals surface area contributed by atoms with Gasteiger partial charge in [-0.25, -0.2) is 9.97 Å². The summed E-state index contributed by atoms with van der Waals surface area (Å²) in [5, 5.41) is 9.99. The van der Waals surface area contributed by atoms with E-state index in [2.05, 4.69) is 14.9 Å². The second-order valence-electron chi connectivity index (χ2n) is 5.88. The molecule has 1 aromatic heterocycles. The van der Waals surface area contributed by atoms with E-state index in [1.807, 2.05) is 4.90 Å². The Morgan fingerprint density at radius 3 is 2.67 bits per heavy atom. The van der Waals surface area contributed by atoms with E-state index in [1.165, 1.54) is 0 Å². The Morgan fingerprint density at radius 1 is 1.29 bits per heavy atom. The number of amides is 1. The van der Waals surface area contributed by atoms with Crippen LogP contribution in [0, 0.1) is 6.92 Å². The molecule has 1 amide bonds. The zero-order valence-electron chi connectivity index (χ0n) is 12.4. The van der Waals surface area contributed by atoms with Gasteiger partial charge in [0.2, 0.25) is 0 Å². The van der Waals surface area contributed by atoms with Crippen molar-refractivity contribution in [1.82, 2.24) is 19.8 Å². The molecular weight excluding hydrogens is 268 g/mol. The van der Waals surface area contributed by atoms with Crippen molar-refractivity contribution in [3.63, 3.8) is 0 Å². The van der Waals surface area contributed by atoms with E-state index in [0.717, 1.165) is 32.4 Å². The average Bonchev–Trinajstić information content (AvgIpc) is 2.93. The monoisotopic (exact) mass is 290 g/mol. The van der Waals surface area contributed by atoms with Crippen molar-refractivity contribution in [3.8, 4) is 0 Å². The number of carbonyl (C=O) groups is 1. The van der Waals surface area contributed by atoms with Crippen molar-refractivity contribution in [3.05, 3.63) is 23.8 Å². The minimum atomic E-state index is -0.197. The zero-order chi connectivity index (χ0) is 14.8. The fraction of sp³-hybridized carbons (Fsp3) is 0.667. The molecule has 1 aromatic rings. The highest BCUT2D eigenvalue weighted by Crippen LogP contribution is 2.25. The van der Waals surface area contributed by atoms with E-state index in [0.29, 0.717) is 24.6 Å². The summed E-state index contributed by atoms with van der Waals surface area (Å²) in [7, 11) is 0. The maximum absolute atomic E-state index is 12.4. The molecule has 1 saturated carbocycles. The molecule has 2 atom stereocenters. The van der Waals surface area contributed by atoms with Gasteiger partial charge in [0.05, 0.1) is 6.10 Å². The molecule has 6 nitrogen and oxygen atoms in total. The van der Waals surface area contributed by atoms with Gasteiger partial charge in [-0.2, -0.15) is 0 Å². The lowest BCUT2D eigenvalue weighted by Gasteiger charge is -2.39. The third-order valence-electron chi connectivity index (χ3n) is 4.51.